The fraction of sp³-hybridized carbons (Fsp3) is 0.440. The monoisotopic (exact) mass is 437 g/mol. The number of esters is 1. The molecule has 1 aromatic heterocycles. The van der Waals surface area contributed by atoms with Gasteiger partial charge in [0.15, 0.2) is 5.69 Å². The Hall–Kier alpha value is -3.22. The number of hydrogen-bond acceptors (Lipinski definition) is 7. The summed E-state index contributed by atoms with van der Waals surface area (Å²) in [6, 6.07) is 8.85. The minimum absolute atomic E-state index is 0.0179. The number of carbonyl (C=O) groups is 2. The highest BCUT2D eigenvalue weighted by Crippen LogP contribution is 2.32. The summed E-state index contributed by atoms with van der Waals surface area (Å²) < 4.78 is 11.0. The van der Waals surface area contributed by atoms with Crippen LogP contribution in [0.15, 0.2) is 30.3 Å². The van der Waals surface area contributed by atoms with Gasteiger partial charge in [0.05, 0.1) is 18.3 Å². The number of aromatic nitrogens is 1. The molecule has 1 saturated carbocycles. The van der Waals surface area contributed by atoms with Crippen LogP contribution in [-0.4, -0.2) is 41.9 Å². The van der Waals surface area contributed by atoms with Gasteiger partial charge in [-0.3, -0.25) is 10.2 Å². The van der Waals surface area contributed by atoms with Crippen molar-refractivity contribution in [1.29, 1.82) is 5.41 Å². The number of ether oxygens (including phenoxy) is 2. The second-order valence-corrected chi connectivity index (χ2v) is 8.21. The first kappa shape index (κ1) is 23.4. The van der Waals surface area contributed by atoms with Crippen molar-refractivity contribution in [3.05, 3.63) is 47.2 Å². The summed E-state index contributed by atoms with van der Waals surface area (Å²) >= 11 is 0. The third-order valence-corrected chi connectivity index (χ3v) is 5.39. The van der Waals surface area contributed by atoms with Crippen LogP contribution < -0.4 is 5.32 Å². The number of benzene rings is 1. The Morgan fingerprint density at radius 1 is 1.22 bits per heavy atom. The van der Waals surface area contributed by atoms with Gasteiger partial charge >= 0.3 is 5.97 Å². The van der Waals surface area contributed by atoms with E-state index in [0.717, 1.165) is 37.5 Å². The van der Waals surface area contributed by atoms with E-state index >= 15 is 0 Å². The molecule has 3 rings (SSSR count). The summed E-state index contributed by atoms with van der Waals surface area (Å²) in [6.45, 7) is 5.71. The highest BCUT2D eigenvalue weighted by Gasteiger charge is 2.25. The molecular formula is C25H31N3O4. The van der Waals surface area contributed by atoms with Gasteiger partial charge in [0.25, 0.3) is 0 Å². The first-order valence-electron chi connectivity index (χ1n) is 11.2. The Bertz CT molecular complexity index is 964. The average molecular weight is 438 g/mol. The second-order valence-electron chi connectivity index (χ2n) is 8.21. The van der Waals surface area contributed by atoms with E-state index in [0.29, 0.717) is 22.5 Å². The molecule has 2 N–H and O–H groups in total. The zero-order valence-corrected chi connectivity index (χ0v) is 18.9. The van der Waals surface area contributed by atoms with E-state index in [1.807, 2.05) is 13.8 Å². The maximum absolute atomic E-state index is 12.6. The first-order valence-corrected chi connectivity index (χ1v) is 11.2. The largest absolute Gasteiger partial charge is 0.475 e. The number of nitrogens with zero attached hydrogens (tertiary/aromatic N) is 1. The van der Waals surface area contributed by atoms with Crippen LogP contribution in [0, 0.1) is 5.41 Å². The Kier molecular flexibility index (Phi) is 7.98. The standard InChI is InChI=1S/C25H31N3O4/c1-4-31-25(30)21-14-20(18-12-10-17(15-29)11-13-18)22(23(26)32-16(2)3)24(28-21)27-19-8-6-5-7-9-19/h10-16,19,26H,4-9H2,1-3H3,(H,27,28). The van der Waals surface area contributed by atoms with E-state index in [1.165, 1.54) is 6.42 Å². The normalized spacial score (nSPS) is 14.1. The second kappa shape index (κ2) is 10.9. The van der Waals surface area contributed by atoms with Crippen LogP contribution in [0.25, 0.3) is 11.1 Å². The molecule has 7 nitrogen and oxygen atoms in total. The smallest absolute Gasteiger partial charge is 0.357 e. The lowest BCUT2D eigenvalue weighted by Crippen LogP contribution is -2.26. The van der Waals surface area contributed by atoms with Crippen molar-refractivity contribution in [3.8, 4) is 11.1 Å². The summed E-state index contributed by atoms with van der Waals surface area (Å²) in [4.78, 5) is 28.3. The van der Waals surface area contributed by atoms with Gasteiger partial charge in [0.1, 0.15) is 12.1 Å². The van der Waals surface area contributed by atoms with E-state index in [2.05, 4.69) is 10.3 Å². The molecule has 1 aromatic carbocycles. The molecule has 0 aliphatic heterocycles. The van der Waals surface area contributed by atoms with E-state index in [4.69, 9.17) is 14.9 Å². The van der Waals surface area contributed by atoms with Crippen LogP contribution in [0.3, 0.4) is 0 Å². The number of hydrogen-bond donors (Lipinski definition) is 2. The molecule has 0 amide bonds. The zero-order chi connectivity index (χ0) is 23.1. The van der Waals surface area contributed by atoms with E-state index in [9.17, 15) is 9.59 Å². The van der Waals surface area contributed by atoms with Crippen molar-refractivity contribution in [2.24, 2.45) is 0 Å². The maximum atomic E-state index is 12.6. The molecule has 0 bridgehead atoms. The fourth-order valence-corrected chi connectivity index (χ4v) is 3.89. The third kappa shape index (κ3) is 5.72. The van der Waals surface area contributed by atoms with E-state index in [-0.39, 0.29) is 30.3 Å². The van der Waals surface area contributed by atoms with Gasteiger partial charge in [-0.05, 0) is 45.2 Å². The zero-order valence-electron chi connectivity index (χ0n) is 18.9. The van der Waals surface area contributed by atoms with Gasteiger partial charge in [-0.2, -0.15) is 0 Å². The molecular weight excluding hydrogens is 406 g/mol. The summed E-state index contributed by atoms with van der Waals surface area (Å²) in [5.41, 5.74) is 2.59. The highest BCUT2D eigenvalue weighted by molar-refractivity contribution is 6.05. The van der Waals surface area contributed by atoms with Gasteiger partial charge in [0.2, 0.25) is 5.90 Å². The summed E-state index contributed by atoms with van der Waals surface area (Å²) in [5, 5.41) is 12.1. The van der Waals surface area contributed by atoms with Gasteiger partial charge in [-0.15, -0.1) is 0 Å². The van der Waals surface area contributed by atoms with Crippen molar-refractivity contribution in [2.75, 3.05) is 11.9 Å². The van der Waals surface area contributed by atoms with Crippen LogP contribution in [0.4, 0.5) is 5.82 Å². The molecule has 2 aromatic rings. The van der Waals surface area contributed by atoms with Crippen LogP contribution in [0.5, 0.6) is 0 Å². The molecule has 0 radical (unpaired) electrons. The summed E-state index contributed by atoms with van der Waals surface area (Å²) in [5.74, 6) is -0.0916. The van der Waals surface area contributed by atoms with Crippen molar-refractivity contribution in [3.63, 3.8) is 0 Å². The SMILES string of the molecule is CCOC(=O)c1cc(-c2ccc(C=O)cc2)c(C(=N)OC(C)C)c(NC2CCCCC2)n1. The molecule has 0 spiro atoms. The average Bonchev–Trinajstić information content (AvgIpc) is 2.79. The Morgan fingerprint density at radius 2 is 1.91 bits per heavy atom. The number of rotatable bonds is 8. The Balaban J connectivity index is 2.17. The minimum Gasteiger partial charge on any atom is -0.475 e. The fourth-order valence-electron chi connectivity index (χ4n) is 3.89. The molecule has 1 heterocycles. The van der Waals surface area contributed by atoms with Crippen molar-refractivity contribution in [2.45, 2.75) is 65.0 Å². The van der Waals surface area contributed by atoms with E-state index in [1.54, 1.807) is 37.3 Å². The molecule has 0 saturated heterocycles. The number of carbonyl (C=O) groups excluding carboxylic acids is 2. The lowest BCUT2D eigenvalue weighted by Gasteiger charge is -2.26. The van der Waals surface area contributed by atoms with Crippen molar-refractivity contribution < 1.29 is 19.1 Å². The highest BCUT2D eigenvalue weighted by atomic mass is 16.5. The van der Waals surface area contributed by atoms with Crippen molar-refractivity contribution in [1.82, 2.24) is 4.98 Å². The predicted octanol–water partition coefficient (Wildman–Crippen LogP) is 5.23. The topological polar surface area (TPSA) is 101 Å². The van der Waals surface area contributed by atoms with Crippen molar-refractivity contribution >= 4 is 24.0 Å². The number of anilines is 1. The molecule has 1 aliphatic carbocycles. The number of pyridine rings is 1. The minimum atomic E-state index is -0.521. The van der Waals surface area contributed by atoms with Gasteiger partial charge in [-0.25, -0.2) is 9.78 Å². The molecule has 32 heavy (non-hydrogen) atoms. The molecule has 7 heteroatoms. The van der Waals surface area contributed by atoms with Crippen LogP contribution in [0.1, 0.15) is 79.3 Å². The van der Waals surface area contributed by atoms with Gasteiger partial charge < -0.3 is 14.8 Å². The summed E-state index contributed by atoms with van der Waals surface area (Å²) in [6.07, 6.45) is 6.07. The predicted molar refractivity (Wildman–Crippen MR) is 125 cm³/mol. The van der Waals surface area contributed by atoms with Crippen LogP contribution in [-0.2, 0) is 9.47 Å². The Morgan fingerprint density at radius 3 is 2.50 bits per heavy atom. The number of nitrogens with one attached hydrogen (secondary N) is 2. The third-order valence-electron chi connectivity index (χ3n) is 5.39. The molecule has 0 unspecified atom stereocenters. The van der Waals surface area contributed by atoms with Gasteiger partial charge in [-0.1, -0.05) is 43.5 Å². The van der Waals surface area contributed by atoms with Gasteiger partial charge in [0, 0.05) is 17.2 Å². The maximum Gasteiger partial charge on any atom is 0.357 e. The Labute approximate surface area is 189 Å². The summed E-state index contributed by atoms with van der Waals surface area (Å²) in [7, 11) is 0. The molecule has 170 valence electrons. The lowest BCUT2D eigenvalue weighted by atomic mass is 9.94. The van der Waals surface area contributed by atoms with Crippen LogP contribution in [0.2, 0.25) is 0 Å². The quantitative estimate of drug-likeness (QED) is 0.254. The lowest BCUT2D eigenvalue weighted by molar-refractivity contribution is 0.0519. The molecule has 1 aliphatic rings. The molecule has 1 fully saturated rings. The first-order chi connectivity index (χ1) is 15.4. The van der Waals surface area contributed by atoms with Crippen LogP contribution >= 0.6 is 0 Å². The van der Waals surface area contributed by atoms with E-state index < -0.39 is 5.97 Å². The number of aldehydes is 1. The molecule has 0 atom stereocenters.